The summed E-state index contributed by atoms with van der Waals surface area (Å²) in [6, 6.07) is 0. The Kier molecular flexibility index (Phi) is 4.06. The number of hydrogen-bond donors (Lipinski definition) is 1. The molecule has 1 rings (SSSR count). The molecule has 6 heteroatoms. The third kappa shape index (κ3) is 3.53. The number of carbonyl (C=O) groups is 1. The molecule has 1 heterocycles. The molecule has 0 amide bonds. The maximum atomic E-state index is 10.3. The largest absolute Gasteiger partial charge is 0.481 e. The molecular weight excluding hydrogens is 188 g/mol. The summed E-state index contributed by atoms with van der Waals surface area (Å²) >= 11 is 0. The first kappa shape index (κ1) is 10.6. The molecule has 1 aromatic rings. The van der Waals surface area contributed by atoms with E-state index in [9.17, 15) is 4.79 Å². The minimum atomic E-state index is -0.975. The highest BCUT2D eigenvalue weighted by Crippen LogP contribution is 2.01. The van der Waals surface area contributed by atoms with E-state index in [-0.39, 0.29) is 12.3 Å². The number of hydrogen-bond acceptors (Lipinski definition) is 5. The lowest BCUT2D eigenvalue weighted by atomic mass is 10.3. The van der Waals surface area contributed by atoms with Crippen LogP contribution in [0.25, 0.3) is 0 Å². The summed E-state index contributed by atoms with van der Waals surface area (Å²) in [5.41, 5.74) is 0. The van der Waals surface area contributed by atoms with Crippen LogP contribution in [-0.2, 0) is 22.4 Å². The van der Waals surface area contributed by atoms with Crippen molar-refractivity contribution in [3.63, 3.8) is 0 Å². The maximum Gasteiger partial charge on any atom is 0.312 e. The van der Waals surface area contributed by atoms with E-state index in [4.69, 9.17) is 14.4 Å². The average Bonchev–Trinajstić information content (AvgIpc) is 2.52. The number of nitrogens with zero attached hydrogens (tertiary/aromatic N) is 2. The van der Waals surface area contributed by atoms with Gasteiger partial charge in [0.05, 0.1) is 0 Å². The molecule has 0 aliphatic carbocycles. The van der Waals surface area contributed by atoms with Crippen molar-refractivity contribution in [2.75, 3.05) is 13.7 Å². The fourth-order valence-electron chi connectivity index (χ4n) is 0.967. The third-order valence-electron chi connectivity index (χ3n) is 1.56. The van der Waals surface area contributed by atoms with E-state index in [0.717, 1.165) is 6.42 Å². The Morgan fingerprint density at radius 1 is 1.64 bits per heavy atom. The molecule has 0 saturated heterocycles. The summed E-state index contributed by atoms with van der Waals surface area (Å²) in [4.78, 5) is 14.2. The van der Waals surface area contributed by atoms with Crippen LogP contribution in [0, 0.1) is 0 Å². The number of ether oxygens (including phenoxy) is 1. The Labute approximate surface area is 80.9 Å². The zero-order valence-corrected chi connectivity index (χ0v) is 7.89. The highest BCUT2D eigenvalue weighted by atomic mass is 16.5. The standard InChI is InChI=1S/C8H12N2O4/c1-13-4-2-3-6-9-7(14-10-6)5-8(11)12/h2-5H2,1H3,(H,11,12). The zero-order chi connectivity index (χ0) is 10.4. The quantitative estimate of drug-likeness (QED) is 0.663. The van der Waals surface area contributed by atoms with E-state index in [1.54, 1.807) is 7.11 Å². The highest BCUT2D eigenvalue weighted by molar-refractivity contribution is 5.68. The summed E-state index contributed by atoms with van der Waals surface area (Å²) in [6.45, 7) is 0.628. The van der Waals surface area contributed by atoms with E-state index >= 15 is 0 Å². The Balaban J connectivity index is 2.38. The monoisotopic (exact) mass is 200 g/mol. The minimum absolute atomic E-state index is 0.143. The maximum absolute atomic E-state index is 10.3. The lowest BCUT2D eigenvalue weighted by molar-refractivity contribution is -0.136. The molecular formula is C8H12N2O4. The SMILES string of the molecule is COCCCc1noc(CC(=O)O)n1. The van der Waals surface area contributed by atoms with Gasteiger partial charge >= 0.3 is 5.97 Å². The molecule has 0 aliphatic rings. The van der Waals surface area contributed by atoms with Gasteiger partial charge in [0.2, 0.25) is 5.89 Å². The van der Waals surface area contributed by atoms with E-state index in [0.29, 0.717) is 18.9 Å². The fraction of sp³-hybridized carbons (Fsp3) is 0.625. The summed E-state index contributed by atoms with van der Waals surface area (Å²) in [6.07, 6.45) is 1.21. The van der Waals surface area contributed by atoms with Crippen molar-refractivity contribution in [2.45, 2.75) is 19.3 Å². The molecule has 0 bridgehead atoms. The Hall–Kier alpha value is -1.43. The van der Waals surface area contributed by atoms with Crippen LogP contribution in [-0.4, -0.2) is 34.9 Å². The van der Waals surface area contributed by atoms with Gasteiger partial charge in [-0.05, 0) is 6.42 Å². The predicted octanol–water partition coefficient (Wildman–Crippen LogP) is 0.276. The second kappa shape index (κ2) is 5.33. The third-order valence-corrected chi connectivity index (χ3v) is 1.56. The number of aliphatic carboxylic acids is 1. The van der Waals surface area contributed by atoms with Crippen molar-refractivity contribution in [1.29, 1.82) is 0 Å². The molecule has 1 N–H and O–H groups in total. The molecule has 0 atom stereocenters. The topological polar surface area (TPSA) is 85.5 Å². The number of carboxylic acid groups (broad SMARTS) is 1. The molecule has 0 aromatic carbocycles. The van der Waals surface area contributed by atoms with E-state index in [1.807, 2.05) is 0 Å². The molecule has 0 spiro atoms. The van der Waals surface area contributed by atoms with Gasteiger partial charge in [0.25, 0.3) is 0 Å². The second-order valence-corrected chi connectivity index (χ2v) is 2.77. The first-order valence-electron chi connectivity index (χ1n) is 4.24. The van der Waals surface area contributed by atoms with E-state index in [1.165, 1.54) is 0 Å². The molecule has 0 fully saturated rings. The Morgan fingerprint density at radius 2 is 2.43 bits per heavy atom. The van der Waals surface area contributed by atoms with Crippen molar-refractivity contribution < 1.29 is 19.2 Å². The van der Waals surface area contributed by atoms with Gasteiger partial charge in [-0.2, -0.15) is 4.98 Å². The van der Waals surface area contributed by atoms with Gasteiger partial charge in [0.1, 0.15) is 6.42 Å². The van der Waals surface area contributed by atoms with Crippen LogP contribution in [0.3, 0.4) is 0 Å². The van der Waals surface area contributed by atoms with Crippen molar-refractivity contribution >= 4 is 5.97 Å². The highest BCUT2D eigenvalue weighted by Gasteiger charge is 2.09. The van der Waals surface area contributed by atoms with Crippen LogP contribution in [0.5, 0.6) is 0 Å². The van der Waals surface area contributed by atoms with Gasteiger partial charge in [0, 0.05) is 20.1 Å². The second-order valence-electron chi connectivity index (χ2n) is 2.77. The van der Waals surface area contributed by atoms with Crippen molar-refractivity contribution in [1.82, 2.24) is 10.1 Å². The number of carboxylic acids is 1. The number of rotatable bonds is 6. The number of methoxy groups -OCH3 is 1. The molecule has 14 heavy (non-hydrogen) atoms. The van der Waals surface area contributed by atoms with Crippen LogP contribution < -0.4 is 0 Å². The van der Waals surface area contributed by atoms with Gasteiger partial charge in [-0.3, -0.25) is 4.79 Å². The van der Waals surface area contributed by atoms with E-state index in [2.05, 4.69) is 10.1 Å². The number of aryl methyl sites for hydroxylation is 1. The molecule has 0 unspecified atom stereocenters. The molecule has 0 radical (unpaired) electrons. The van der Waals surface area contributed by atoms with Gasteiger partial charge < -0.3 is 14.4 Å². The van der Waals surface area contributed by atoms with Crippen LogP contribution in [0.1, 0.15) is 18.1 Å². The summed E-state index contributed by atoms with van der Waals surface area (Å²) in [5.74, 6) is -0.305. The van der Waals surface area contributed by atoms with Crippen molar-refractivity contribution in [2.24, 2.45) is 0 Å². The molecule has 1 aromatic heterocycles. The van der Waals surface area contributed by atoms with Gasteiger partial charge in [-0.1, -0.05) is 5.16 Å². The Bertz CT molecular complexity index is 297. The molecule has 78 valence electrons. The zero-order valence-electron chi connectivity index (χ0n) is 7.89. The van der Waals surface area contributed by atoms with Gasteiger partial charge in [0.15, 0.2) is 5.82 Å². The summed E-state index contributed by atoms with van der Waals surface area (Å²) in [5, 5.41) is 12.1. The van der Waals surface area contributed by atoms with Gasteiger partial charge in [-0.25, -0.2) is 0 Å². The molecule has 0 saturated carbocycles. The first-order chi connectivity index (χ1) is 6.72. The Morgan fingerprint density at radius 3 is 3.07 bits per heavy atom. The van der Waals surface area contributed by atoms with E-state index < -0.39 is 5.97 Å². The fourth-order valence-corrected chi connectivity index (χ4v) is 0.967. The first-order valence-corrected chi connectivity index (χ1v) is 4.24. The molecule has 6 nitrogen and oxygen atoms in total. The summed E-state index contributed by atoms with van der Waals surface area (Å²) < 4.78 is 9.58. The van der Waals surface area contributed by atoms with Gasteiger partial charge in [-0.15, -0.1) is 0 Å². The predicted molar refractivity (Wildman–Crippen MR) is 45.8 cm³/mol. The van der Waals surface area contributed by atoms with Crippen molar-refractivity contribution in [3.8, 4) is 0 Å². The minimum Gasteiger partial charge on any atom is -0.481 e. The van der Waals surface area contributed by atoms with Crippen molar-refractivity contribution in [3.05, 3.63) is 11.7 Å². The lowest BCUT2D eigenvalue weighted by Gasteiger charge is -1.92. The summed E-state index contributed by atoms with van der Waals surface area (Å²) in [7, 11) is 1.62. The number of aromatic nitrogens is 2. The van der Waals surface area contributed by atoms with Crippen LogP contribution in [0.4, 0.5) is 0 Å². The smallest absolute Gasteiger partial charge is 0.312 e. The molecule has 0 aliphatic heterocycles. The van der Waals surface area contributed by atoms with Crippen LogP contribution in [0.2, 0.25) is 0 Å². The van der Waals surface area contributed by atoms with Crippen LogP contribution >= 0.6 is 0 Å². The lowest BCUT2D eigenvalue weighted by Crippen LogP contribution is -2.00. The van der Waals surface area contributed by atoms with Crippen LogP contribution in [0.15, 0.2) is 4.52 Å². The average molecular weight is 200 g/mol. The normalized spacial score (nSPS) is 10.4.